The first-order valence-corrected chi connectivity index (χ1v) is 10.9. The third-order valence-corrected chi connectivity index (χ3v) is 5.17. The van der Waals surface area contributed by atoms with Crippen molar-refractivity contribution in [2.24, 2.45) is 0 Å². The van der Waals surface area contributed by atoms with Crippen LogP contribution in [0.2, 0.25) is 10.0 Å². The van der Waals surface area contributed by atoms with E-state index < -0.39 is 0 Å². The average Bonchev–Trinajstić information content (AvgIpc) is 3.26. The number of halogens is 2. The van der Waals surface area contributed by atoms with Crippen molar-refractivity contribution in [3.05, 3.63) is 52.5 Å². The number of carbonyl (C=O) groups is 2. The van der Waals surface area contributed by atoms with E-state index in [0.29, 0.717) is 53.2 Å². The Hall–Kier alpha value is -2.48. The molecule has 2 aromatic rings. The zero-order valence-electron chi connectivity index (χ0n) is 17.0. The predicted octanol–water partition coefficient (Wildman–Crippen LogP) is 5.09. The molecule has 0 saturated carbocycles. The van der Waals surface area contributed by atoms with E-state index in [0.717, 1.165) is 19.4 Å². The quantitative estimate of drug-likeness (QED) is 0.449. The summed E-state index contributed by atoms with van der Waals surface area (Å²) in [6, 6.07) is 11.6. The van der Waals surface area contributed by atoms with Crippen molar-refractivity contribution >= 4 is 46.5 Å². The van der Waals surface area contributed by atoms with Gasteiger partial charge in [0.2, 0.25) is 5.91 Å². The minimum Gasteiger partial charge on any atom is -0.492 e. The van der Waals surface area contributed by atoms with Gasteiger partial charge in [0, 0.05) is 36.0 Å². The first kappa shape index (κ1) is 23.2. The molecule has 1 unspecified atom stereocenters. The Morgan fingerprint density at radius 2 is 1.81 bits per heavy atom. The SMILES string of the molecule is O=C(CCCOc1ccc(Cl)cc1Cl)Nc1ccc(NC(=O)NCC2CCCO2)cc1. The third kappa shape index (κ3) is 7.94. The number of anilines is 2. The van der Waals surface area contributed by atoms with E-state index in [1.54, 1.807) is 42.5 Å². The average molecular weight is 466 g/mol. The highest BCUT2D eigenvalue weighted by atomic mass is 35.5. The molecule has 1 aliphatic heterocycles. The van der Waals surface area contributed by atoms with E-state index in [1.165, 1.54) is 0 Å². The van der Waals surface area contributed by atoms with Gasteiger partial charge in [-0.05, 0) is 61.7 Å². The lowest BCUT2D eigenvalue weighted by atomic mass is 10.2. The van der Waals surface area contributed by atoms with Gasteiger partial charge in [0.15, 0.2) is 0 Å². The van der Waals surface area contributed by atoms with Gasteiger partial charge in [-0.15, -0.1) is 0 Å². The van der Waals surface area contributed by atoms with Crippen LogP contribution in [-0.2, 0) is 9.53 Å². The lowest BCUT2D eigenvalue weighted by molar-refractivity contribution is -0.116. The fraction of sp³-hybridized carbons (Fsp3) is 0.364. The van der Waals surface area contributed by atoms with Gasteiger partial charge in [-0.2, -0.15) is 0 Å². The molecule has 1 aliphatic rings. The maximum atomic E-state index is 12.1. The smallest absolute Gasteiger partial charge is 0.319 e. The Morgan fingerprint density at radius 1 is 1.06 bits per heavy atom. The molecule has 0 radical (unpaired) electrons. The molecule has 2 aromatic carbocycles. The second-order valence-electron chi connectivity index (χ2n) is 7.12. The minimum atomic E-state index is -0.284. The van der Waals surface area contributed by atoms with Gasteiger partial charge in [0.25, 0.3) is 0 Å². The van der Waals surface area contributed by atoms with Crippen molar-refractivity contribution in [2.75, 3.05) is 30.4 Å². The van der Waals surface area contributed by atoms with Gasteiger partial charge in [-0.3, -0.25) is 4.79 Å². The third-order valence-electron chi connectivity index (χ3n) is 4.64. The van der Waals surface area contributed by atoms with Crippen LogP contribution in [0.1, 0.15) is 25.7 Å². The van der Waals surface area contributed by atoms with E-state index in [1.807, 2.05) is 0 Å². The Balaban J connectivity index is 1.33. The summed E-state index contributed by atoms with van der Waals surface area (Å²) in [4.78, 5) is 24.1. The van der Waals surface area contributed by atoms with E-state index in [-0.39, 0.29) is 18.0 Å². The van der Waals surface area contributed by atoms with E-state index in [9.17, 15) is 9.59 Å². The fourth-order valence-corrected chi connectivity index (χ4v) is 3.52. The summed E-state index contributed by atoms with van der Waals surface area (Å²) >= 11 is 11.9. The van der Waals surface area contributed by atoms with Gasteiger partial charge >= 0.3 is 6.03 Å². The molecule has 3 rings (SSSR count). The molecule has 0 aliphatic carbocycles. The normalized spacial score (nSPS) is 15.4. The van der Waals surface area contributed by atoms with Crippen LogP contribution in [0.4, 0.5) is 16.2 Å². The summed E-state index contributed by atoms with van der Waals surface area (Å²) in [6.07, 6.45) is 2.93. The van der Waals surface area contributed by atoms with E-state index >= 15 is 0 Å². The van der Waals surface area contributed by atoms with Crippen LogP contribution in [-0.4, -0.2) is 37.8 Å². The zero-order valence-corrected chi connectivity index (χ0v) is 18.5. The highest BCUT2D eigenvalue weighted by molar-refractivity contribution is 6.35. The highest BCUT2D eigenvalue weighted by Gasteiger charge is 2.16. The van der Waals surface area contributed by atoms with Gasteiger partial charge < -0.3 is 25.4 Å². The highest BCUT2D eigenvalue weighted by Crippen LogP contribution is 2.27. The molecule has 7 nitrogen and oxygen atoms in total. The first-order valence-electron chi connectivity index (χ1n) is 10.1. The van der Waals surface area contributed by atoms with Gasteiger partial charge in [-0.25, -0.2) is 4.79 Å². The fourth-order valence-electron chi connectivity index (χ4n) is 3.05. The van der Waals surface area contributed by atoms with Crippen LogP contribution >= 0.6 is 23.2 Å². The number of amides is 3. The molecule has 3 N–H and O–H groups in total. The van der Waals surface area contributed by atoms with Crippen molar-refractivity contribution < 1.29 is 19.1 Å². The number of carbonyl (C=O) groups excluding carboxylic acids is 2. The maximum Gasteiger partial charge on any atom is 0.319 e. The van der Waals surface area contributed by atoms with E-state index in [2.05, 4.69) is 16.0 Å². The van der Waals surface area contributed by atoms with Crippen LogP contribution in [0, 0.1) is 0 Å². The molecular weight excluding hydrogens is 441 g/mol. The maximum absolute atomic E-state index is 12.1. The molecule has 1 heterocycles. The number of benzene rings is 2. The van der Waals surface area contributed by atoms with Crippen LogP contribution in [0.25, 0.3) is 0 Å². The molecule has 166 valence electrons. The van der Waals surface area contributed by atoms with Crippen LogP contribution in [0.3, 0.4) is 0 Å². The number of rotatable bonds is 9. The zero-order chi connectivity index (χ0) is 22.1. The molecule has 31 heavy (non-hydrogen) atoms. The Kier molecular flexibility index (Phi) is 8.82. The van der Waals surface area contributed by atoms with Gasteiger partial charge in [0.1, 0.15) is 5.75 Å². The van der Waals surface area contributed by atoms with Crippen molar-refractivity contribution in [3.63, 3.8) is 0 Å². The summed E-state index contributed by atoms with van der Waals surface area (Å²) < 4.78 is 11.0. The van der Waals surface area contributed by atoms with E-state index in [4.69, 9.17) is 32.7 Å². The standard InChI is InChI=1S/C22H25Cl2N3O4/c23-15-5-10-20(19(24)13-15)31-12-2-4-21(28)26-16-6-8-17(9-7-16)27-22(29)25-14-18-3-1-11-30-18/h5-10,13,18H,1-4,11-12,14H2,(H,26,28)(H2,25,27,29). The molecule has 0 spiro atoms. The number of urea groups is 1. The minimum absolute atomic E-state index is 0.0944. The van der Waals surface area contributed by atoms with Gasteiger partial charge in [-0.1, -0.05) is 23.2 Å². The van der Waals surface area contributed by atoms with Gasteiger partial charge in [0.05, 0.1) is 17.7 Å². The largest absolute Gasteiger partial charge is 0.492 e. The lowest BCUT2D eigenvalue weighted by Gasteiger charge is -2.12. The molecule has 9 heteroatoms. The Bertz CT molecular complexity index is 887. The predicted molar refractivity (Wildman–Crippen MR) is 122 cm³/mol. The monoisotopic (exact) mass is 465 g/mol. The first-order chi connectivity index (χ1) is 15.0. The van der Waals surface area contributed by atoms with Crippen molar-refractivity contribution in [2.45, 2.75) is 31.8 Å². The number of hydrogen-bond acceptors (Lipinski definition) is 4. The summed E-state index contributed by atoms with van der Waals surface area (Å²) in [5.74, 6) is 0.412. The molecule has 1 atom stereocenters. The second kappa shape index (κ2) is 11.8. The molecule has 0 bridgehead atoms. The van der Waals surface area contributed by atoms with Crippen molar-refractivity contribution in [1.82, 2.24) is 5.32 Å². The van der Waals surface area contributed by atoms with Crippen LogP contribution in [0.15, 0.2) is 42.5 Å². The molecular formula is C22H25Cl2N3O4. The Labute approximate surface area is 191 Å². The number of hydrogen-bond donors (Lipinski definition) is 3. The topological polar surface area (TPSA) is 88.7 Å². The Morgan fingerprint density at radius 3 is 2.48 bits per heavy atom. The van der Waals surface area contributed by atoms with Crippen molar-refractivity contribution in [3.8, 4) is 5.75 Å². The second-order valence-corrected chi connectivity index (χ2v) is 7.97. The lowest BCUT2D eigenvalue weighted by Crippen LogP contribution is -2.35. The summed E-state index contributed by atoms with van der Waals surface area (Å²) in [5, 5.41) is 9.35. The summed E-state index contributed by atoms with van der Waals surface area (Å²) in [6.45, 7) is 1.61. The molecule has 1 fully saturated rings. The van der Waals surface area contributed by atoms with Crippen LogP contribution < -0.4 is 20.7 Å². The number of ether oxygens (including phenoxy) is 2. The van der Waals surface area contributed by atoms with Crippen molar-refractivity contribution in [1.29, 1.82) is 0 Å². The number of nitrogens with one attached hydrogen (secondary N) is 3. The molecule has 0 aromatic heterocycles. The molecule has 1 saturated heterocycles. The molecule has 3 amide bonds. The van der Waals surface area contributed by atoms with Crippen LogP contribution in [0.5, 0.6) is 5.75 Å². The summed E-state index contributed by atoms with van der Waals surface area (Å²) in [7, 11) is 0. The summed E-state index contributed by atoms with van der Waals surface area (Å²) in [5.41, 5.74) is 1.29.